The van der Waals surface area contributed by atoms with Gasteiger partial charge in [-0.15, -0.1) is 0 Å². The number of amides is 1. The van der Waals surface area contributed by atoms with Crippen LogP contribution in [0.4, 0.5) is 5.69 Å². The van der Waals surface area contributed by atoms with Gasteiger partial charge in [0.1, 0.15) is 5.52 Å². The first-order valence-corrected chi connectivity index (χ1v) is 6.35. The van der Waals surface area contributed by atoms with Crippen LogP contribution in [0, 0.1) is 13.8 Å². The predicted molar refractivity (Wildman–Crippen MR) is 77.9 cm³/mol. The molecule has 1 N–H and O–H groups in total. The van der Waals surface area contributed by atoms with Crippen LogP contribution in [0.5, 0.6) is 0 Å². The van der Waals surface area contributed by atoms with E-state index in [0.29, 0.717) is 11.1 Å². The van der Waals surface area contributed by atoms with E-state index in [4.69, 9.17) is 4.42 Å². The fourth-order valence-corrected chi connectivity index (χ4v) is 2.06. The normalized spacial score (nSPS) is 10.7. The third kappa shape index (κ3) is 2.28. The lowest BCUT2D eigenvalue weighted by atomic mass is 10.1. The molecule has 1 heterocycles. The molecule has 0 radical (unpaired) electrons. The van der Waals surface area contributed by atoms with Gasteiger partial charge >= 0.3 is 0 Å². The van der Waals surface area contributed by atoms with Gasteiger partial charge in [0, 0.05) is 11.3 Å². The second kappa shape index (κ2) is 4.81. The summed E-state index contributed by atoms with van der Waals surface area (Å²) in [5.74, 6) is -0.156. The lowest BCUT2D eigenvalue weighted by Crippen LogP contribution is -2.12. The summed E-state index contributed by atoms with van der Waals surface area (Å²) < 4.78 is 5.21. The monoisotopic (exact) mass is 266 g/mol. The number of oxazole rings is 1. The molecule has 0 atom stereocenters. The Morgan fingerprint density at radius 2 is 2.00 bits per heavy atom. The Morgan fingerprint density at radius 3 is 2.85 bits per heavy atom. The summed E-state index contributed by atoms with van der Waals surface area (Å²) in [6, 6.07) is 11.2. The van der Waals surface area contributed by atoms with Crippen molar-refractivity contribution < 1.29 is 9.21 Å². The number of carbonyl (C=O) groups excluding carboxylic acids is 1. The zero-order valence-corrected chi connectivity index (χ0v) is 11.3. The third-order valence-corrected chi connectivity index (χ3v) is 3.23. The molecule has 3 rings (SSSR count). The van der Waals surface area contributed by atoms with Crippen molar-refractivity contribution in [2.75, 3.05) is 5.32 Å². The molecule has 1 amide bonds. The molecule has 0 bridgehead atoms. The van der Waals surface area contributed by atoms with Crippen molar-refractivity contribution in [3.63, 3.8) is 0 Å². The number of aromatic nitrogens is 1. The molecule has 2 aromatic carbocycles. The largest absolute Gasteiger partial charge is 0.443 e. The van der Waals surface area contributed by atoms with E-state index in [0.717, 1.165) is 22.3 Å². The highest BCUT2D eigenvalue weighted by molar-refractivity contribution is 6.06. The standard InChI is InChI=1S/C16H14N2O2/c1-10-3-4-11(2)14(7-10)18-16(19)12-5-6-13-15(8-12)20-9-17-13/h3-9H,1-2H3,(H,18,19). The fourth-order valence-electron chi connectivity index (χ4n) is 2.06. The molecule has 4 heteroatoms. The second-order valence-electron chi connectivity index (χ2n) is 4.81. The highest BCUT2D eigenvalue weighted by Gasteiger charge is 2.10. The molecule has 0 saturated carbocycles. The SMILES string of the molecule is Cc1ccc(C)c(NC(=O)c2ccc3ncoc3c2)c1. The molecule has 0 saturated heterocycles. The Morgan fingerprint density at radius 1 is 1.15 bits per heavy atom. The molecule has 0 unspecified atom stereocenters. The third-order valence-electron chi connectivity index (χ3n) is 3.23. The fraction of sp³-hybridized carbons (Fsp3) is 0.125. The van der Waals surface area contributed by atoms with E-state index >= 15 is 0 Å². The maximum atomic E-state index is 12.3. The van der Waals surface area contributed by atoms with Gasteiger partial charge in [0.15, 0.2) is 12.0 Å². The lowest BCUT2D eigenvalue weighted by molar-refractivity contribution is 0.102. The van der Waals surface area contributed by atoms with Gasteiger partial charge in [-0.05, 0) is 49.2 Å². The van der Waals surface area contributed by atoms with Crippen molar-refractivity contribution in [2.45, 2.75) is 13.8 Å². The number of fused-ring (bicyclic) bond motifs is 1. The quantitative estimate of drug-likeness (QED) is 0.769. The average Bonchev–Trinajstić information content (AvgIpc) is 2.90. The van der Waals surface area contributed by atoms with Crippen molar-refractivity contribution in [1.29, 1.82) is 0 Å². The van der Waals surface area contributed by atoms with Gasteiger partial charge in [-0.2, -0.15) is 0 Å². The Balaban J connectivity index is 1.90. The molecule has 0 aliphatic rings. The average molecular weight is 266 g/mol. The zero-order valence-electron chi connectivity index (χ0n) is 11.3. The molecule has 3 aromatic rings. The molecule has 100 valence electrons. The molecule has 0 aliphatic heterocycles. The van der Waals surface area contributed by atoms with Crippen molar-refractivity contribution in [3.8, 4) is 0 Å². The highest BCUT2D eigenvalue weighted by atomic mass is 16.3. The smallest absolute Gasteiger partial charge is 0.255 e. The van der Waals surface area contributed by atoms with Gasteiger partial charge in [0.05, 0.1) is 0 Å². The minimum atomic E-state index is -0.156. The summed E-state index contributed by atoms with van der Waals surface area (Å²) in [5, 5.41) is 2.92. The minimum Gasteiger partial charge on any atom is -0.443 e. The van der Waals surface area contributed by atoms with Crippen LogP contribution in [-0.4, -0.2) is 10.9 Å². The topological polar surface area (TPSA) is 55.1 Å². The molecule has 0 spiro atoms. The van der Waals surface area contributed by atoms with Gasteiger partial charge in [0.25, 0.3) is 5.91 Å². The van der Waals surface area contributed by atoms with Gasteiger partial charge in [0.2, 0.25) is 0 Å². The van der Waals surface area contributed by atoms with Crippen LogP contribution in [0.2, 0.25) is 0 Å². The number of nitrogens with zero attached hydrogens (tertiary/aromatic N) is 1. The number of hydrogen-bond donors (Lipinski definition) is 1. The van der Waals surface area contributed by atoms with Crippen LogP contribution in [0.3, 0.4) is 0 Å². The van der Waals surface area contributed by atoms with Crippen LogP contribution < -0.4 is 5.32 Å². The van der Waals surface area contributed by atoms with Crippen molar-refractivity contribution in [3.05, 3.63) is 59.5 Å². The first-order chi connectivity index (χ1) is 9.63. The Bertz CT molecular complexity index is 790. The lowest BCUT2D eigenvalue weighted by Gasteiger charge is -2.09. The van der Waals surface area contributed by atoms with Gasteiger partial charge in [-0.1, -0.05) is 12.1 Å². The molecular weight excluding hydrogens is 252 g/mol. The zero-order chi connectivity index (χ0) is 14.1. The number of aryl methyl sites for hydroxylation is 2. The van der Waals surface area contributed by atoms with E-state index < -0.39 is 0 Å². The van der Waals surface area contributed by atoms with Crippen LogP contribution in [0.25, 0.3) is 11.1 Å². The van der Waals surface area contributed by atoms with Crippen molar-refractivity contribution in [1.82, 2.24) is 4.98 Å². The Labute approximate surface area is 116 Å². The molecule has 0 aliphatic carbocycles. The summed E-state index contributed by atoms with van der Waals surface area (Å²) in [6.07, 6.45) is 1.37. The summed E-state index contributed by atoms with van der Waals surface area (Å²) in [6.45, 7) is 3.96. The molecule has 0 fully saturated rings. The highest BCUT2D eigenvalue weighted by Crippen LogP contribution is 2.19. The Hall–Kier alpha value is -2.62. The first-order valence-electron chi connectivity index (χ1n) is 6.35. The number of anilines is 1. The van der Waals surface area contributed by atoms with E-state index in [2.05, 4.69) is 10.3 Å². The van der Waals surface area contributed by atoms with Crippen LogP contribution >= 0.6 is 0 Å². The molecular formula is C16H14N2O2. The first kappa shape index (κ1) is 12.4. The van der Waals surface area contributed by atoms with E-state index in [1.54, 1.807) is 18.2 Å². The van der Waals surface area contributed by atoms with Gasteiger partial charge in [-0.3, -0.25) is 4.79 Å². The predicted octanol–water partition coefficient (Wildman–Crippen LogP) is 3.70. The van der Waals surface area contributed by atoms with Crippen LogP contribution in [0.15, 0.2) is 47.2 Å². The maximum absolute atomic E-state index is 12.3. The van der Waals surface area contributed by atoms with Crippen LogP contribution in [-0.2, 0) is 0 Å². The minimum absolute atomic E-state index is 0.156. The molecule has 20 heavy (non-hydrogen) atoms. The molecule has 4 nitrogen and oxygen atoms in total. The van der Waals surface area contributed by atoms with Gasteiger partial charge < -0.3 is 9.73 Å². The maximum Gasteiger partial charge on any atom is 0.255 e. The van der Waals surface area contributed by atoms with Crippen molar-refractivity contribution >= 4 is 22.7 Å². The van der Waals surface area contributed by atoms with E-state index in [-0.39, 0.29) is 5.91 Å². The number of rotatable bonds is 2. The summed E-state index contributed by atoms with van der Waals surface area (Å²) in [5.41, 5.74) is 4.87. The molecule has 1 aromatic heterocycles. The van der Waals surface area contributed by atoms with E-state index in [1.807, 2.05) is 32.0 Å². The van der Waals surface area contributed by atoms with Gasteiger partial charge in [-0.25, -0.2) is 4.98 Å². The van der Waals surface area contributed by atoms with Crippen molar-refractivity contribution in [2.24, 2.45) is 0 Å². The second-order valence-corrected chi connectivity index (χ2v) is 4.81. The Kier molecular flexibility index (Phi) is 2.99. The van der Waals surface area contributed by atoms with E-state index in [1.165, 1.54) is 6.39 Å². The summed E-state index contributed by atoms with van der Waals surface area (Å²) in [7, 11) is 0. The summed E-state index contributed by atoms with van der Waals surface area (Å²) >= 11 is 0. The van der Waals surface area contributed by atoms with E-state index in [9.17, 15) is 4.79 Å². The summed E-state index contributed by atoms with van der Waals surface area (Å²) in [4.78, 5) is 16.3. The number of carbonyl (C=O) groups is 1. The number of benzene rings is 2. The number of nitrogens with one attached hydrogen (secondary N) is 1. The van der Waals surface area contributed by atoms with Crippen LogP contribution in [0.1, 0.15) is 21.5 Å². The number of hydrogen-bond acceptors (Lipinski definition) is 3.